The average Bonchev–Trinajstić information content (AvgIpc) is 2.34. The Balaban J connectivity index is 2.53. The topological polar surface area (TPSA) is 33.6 Å². The number of allylic oxidation sites excluding steroid dienone is 3. The molecule has 0 unspecified atom stereocenters. The number of hydrogen-bond donors (Lipinski definition) is 1. The fourth-order valence-corrected chi connectivity index (χ4v) is 2.06. The van der Waals surface area contributed by atoms with Crippen LogP contribution in [-0.2, 0) is 4.74 Å². The summed E-state index contributed by atoms with van der Waals surface area (Å²) in [7, 11) is 0. The first-order chi connectivity index (χ1) is 8.90. The maximum absolute atomic E-state index is 12.0. The minimum Gasteiger partial charge on any atom is -0.388 e. The van der Waals surface area contributed by atoms with Gasteiger partial charge in [0.15, 0.2) is 0 Å². The minimum absolute atomic E-state index is 0.530. The predicted octanol–water partition coefficient (Wildman–Crippen LogP) is 3.40. The number of nitrogens with one attached hydrogen (secondary N) is 1. The van der Waals surface area contributed by atoms with E-state index in [-0.39, 0.29) is 0 Å². The molecule has 0 aromatic rings. The third-order valence-corrected chi connectivity index (χ3v) is 2.96. The average molecular weight is 276 g/mol. The van der Waals surface area contributed by atoms with Gasteiger partial charge in [0, 0.05) is 6.08 Å². The molecule has 108 valence electrons. The van der Waals surface area contributed by atoms with Crippen LogP contribution in [0, 0.1) is 5.92 Å². The Labute approximate surface area is 111 Å². The summed E-state index contributed by atoms with van der Waals surface area (Å²) in [5.74, 6) is 0.0618. The maximum atomic E-state index is 12.0. The molecule has 0 aromatic heterocycles. The molecule has 1 fully saturated rings. The number of halogens is 3. The Morgan fingerprint density at radius 3 is 2.53 bits per heavy atom. The lowest BCUT2D eigenvalue weighted by molar-refractivity contribution is -0.305. The molecule has 0 aliphatic carbocycles. The van der Waals surface area contributed by atoms with E-state index in [0.717, 1.165) is 37.9 Å². The molecule has 0 atom stereocenters. The summed E-state index contributed by atoms with van der Waals surface area (Å²) in [6, 6.07) is 0. The van der Waals surface area contributed by atoms with Crippen molar-refractivity contribution in [2.75, 3.05) is 13.1 Å². The fourth-order valence-electron chi connectivity index (χ4n) is 2.06. The zero-order valence-corrected chi connectivity index (χ0v) is 11.0. The molecule has 0 bridgehead atoms. The van der Waals surface area contributed by atoms with Crippen LogP contribution in [0.1, 0.15) is 26.2 Å². The van der Waals surface area contributed by atoms with Gasteiger partial charge in [0.1, 0.15) is 0 Å². The van der Waals surface area contributed by atoms with Crippen LogP contribution in [-0.4, -0.2) is 26.2 Å². The number of rotatable bonds is 5. The van der Waals surface area contributed by atoms with E-state index in [1.165, 1.54) is 6.08 Å². The van der Waals surface area contributed by atoms with E-state index in [4.69, 9.17) is 0 Å². The SMILES string of the molecule is C=N/C(=C\C=C(/C)CC1CCNCC1)OC(F)(F)F. The number of alkyl halides is 3. The summed E-state index contributed by atoms with van der Waals surface area (Å²) in [6.45, 7) is 6.96. The smallest absolute Gasteiger partial charge is 0.388 e. The van der Waals surface area contributed by atoms with E-state index in [2.05, 4.69) is 21.8 Å². The highest BCUT2D eigenvalue weighted by Crippen LogP contribution is 2.23. The van der Waals surface area contributed by atoms with Crippen LogP contribution in [0.4, 0.5) is 13.2 Å². The normalized spacial score (nSPS) is 19.4. The first-order valence-corrected chi connectivity index (χ1v) is 6.21. The second kappa shape index (κ2) is 7.33. The molecule has 0 spiro atoms. The van der Waals surface area contributed by atoms with Gasteiger partial charge in [-0.05, 0) is 51.9 Å². The first-order valence-electron chi connectivity index (χ1n) is 6.21. The summed E-state index contributed by atoms with van der Waals surface area (Å²) >= 11 is 0. The van der Waals surface area contributed by atoms with Crippen molar-refractivity contribution in [2.45, 2.75) is 32.5 Å². The maximum Gasteiger partial charge on any atom is 0.574 e. The second-order valence-electron chi connectivity index (χ2n) is 4.62. The van der Waals surface area contributed by atoms with Gasteiger partial charge in [0.25, 0.3) is 0 Å². The molecule has 1 saturated heterocycles. The number of nitrogens with zero attached hydrogens (tertiary/aromatic N) is 1. The Kier molecular flexibility index (Phi) is 6.08. The van der Waals surface area contributed by atoms with Crippen LogP contribution in [0.15, 0.2) is 28.6 Å². The van der Waals surface area contributed by atoms with E-state index < -0.39 is 12.2 Å². The van der Waals surface area contributed by atoms with E-state index >= 15 is 0 Å². The molecule has 1 rings (SSSR count). The Morgan fingerprint density at radius 1 is 1.37 bits per heavy atom. The lowest BCUT2D eigenvalue weighted by Crippen LogP contribution is -2.27. The molecule has 3 nitrogen and oxygen atoms in total. The van der Waals surface area contributed by atoms with E-state index in [0.29, 0.717) is 5.92 Å². The summed E-state index contributed by atoms with van der Waals surface area (Å²) in [5.41, 5.74) is 1.01. The molecule has 0 radical (unpaired) electrons. The van der Waals surface area contributed by atoms with Crippen molar-refractivity contribution >= 4 is 6.72 Å². The first kappa shape index (κ1) is 15.8. The summed E-state index contributed by atoms with van der Waals surface area (Å²) in [4.78, 5) is 3.21. The van der Waals surface area contributed by atoms with E-state index in [1.807, 2.05) is 6.92 Å². The zero-order chi connectivity index (χ0) is 14.3. The van der Waals surface area contributed by atoms with Crippen molar-refractivity contribution in [1.82, 2.24) is 5.32 Å². The highest BCUT2D eigenvalue weighted by molar-refractivity contribution is 5.28. The molecule has 0 aromatic carbocycles. The number of hydrogen-bond acceptors (Lipinski definition) is 3. The third-order valence-electron chi connectivity index (χ3n) is 2.96. The van der Waals surface area contributed by atoms with Gasteiger partial charge in [-0.3, -0.25) is 0 Å². The van der Waals surface area contributed by atoms with Gasteiger partial charge in [0.05, 0.1) is 0 Å². The number of ether oxygens (including phenoxy) is 1. The van der Waals surface area contributed by atoms with Gasteiger partial charge in [0.2, 0.25) is 5.88 Å². The minimum atomic E-state index is -4.73. The quantitative estimate of drug-likeness (QED) is 0.474. The van der Waals surface area contributed by atoms with Gasteiger partial charge < -0.3 is 10.1 Å². The van der Waals surface area contributed by atoms with Gasteiger partial charge >= 0.3 is 6.36 Å². The van der Waals surface area contributed by atoms with Crippen molar-refractivity contribution in [3.8, 4) is 0 Å². The molecule has 0 amide bonds. The molecule has 6 heteroatoms. The predicted molar refractivity (Wildman–Crippen MR) is 68.7 cm³/mol. The fraction of sp³-hybridized carbons (Fsp3) is 0.615. The highest BCUT2D eigenvalue weighted by atomic mass is 19.4. The third kappa shape index (κ3) is 7.00. The molecule has 19 heavy (non-hydrogen) atoms. The van der Waals surface area contributed by atoms with Gasteiger partial charge in [-0.1, -0.05) is 11.6 Å². The van der Waals surface area contributed by atoms with Gasteiger partial charge in [-0.2, -0.15) is 0 Å². The summed E-state index contributed by atoms with van der Waals surface area (Å²) < 4.78 is 39.7. The van der Waals surface area contributed by atoms with Crippen molar-refractivity contribution in [3.05, 3.63) is 23.6 Å². The van der Waals surface area contributed by atoms with Crippen LogP contribution in [0.3, 0.4) is 0 Å². The van der Waals surface area contributed by atoms with E-state index in [1.54, 1.807) is 6.08 Å². The van der Waals surface area contributed by atoms with Crippen LogP contribution in [0.2, 0.25) is 0 Å². The van der Waals surface area contributed by atoms with Crippen molar-refractivity contribution in [1.29, 1.82) is 0 Å². The molecule has 1 heterocycles. The molecule has 1 aliphatic rings. The molecular formula is C13H19F3N2O. The molecule has 1 aliphatic heterocycles. The Hall–Kier alpha value is -1.30. The molecule has 1 N–H and O–H groups in total. The van der Waals surface area contributed by atoms with Crippen molar-refractivity contribution in [3.63, 3.8) is 0 Å². The largest absolute Gasteiger partial charge is 0.574 e. The lowest BCUT2D eigenvalue weighted by Gasteiger charge is -2.22. The van der Waals surface area contributed by atoms with Crippen molar-refractivity contribution < 1.29 is 17.9 Å². The monoisotopic (exact) mass is 276 g/mol. The Bertz CT molecular complexity index is 355. The number of aliphatic imine (C=N–C) groups is 1. The Morgan fingerprint density at radius 2 is 2.00 bits per heavy atom. The zero-order valence-electron chi connectivity index (χ0n) is 11.0. The van der Waals surface area contributed by atoms with Gasteiger partial charge in [-0.25, -0.2) is 4.99 Å². The van der Waals surface area contributed by atoms with E-state index in [9.17, 15) is 13.2 Å². The highest BCUT2D eigenvalue weighted by Gasteiger charge is 2.31. The van der Waals surface area contributed by atoms with Crippen molar-refractivity contribution in [2.24, 2.45) is 10.9 Å². The second-order valence-corrected chi connectivity index (χ2v) is 4.62. The van der Waals surface area contributed by atoms with Gasteiger partial charge in [-0.15, -0.1) is 13.2 Å². The van der Waals surface area contributed by atoms with Crippen LogP contribution in [0.25, 0.3) is 0 Å². The number of piperidine rings is 1. The lowest BCUT2D eigenvalue weighted by atomic mass is 9.91. The van der Waals surface area contributed by atoms with Crippen LogP contribution >= 0.6 is 0 Å². The summed E-state index contributed by atoms with van der Waals surface area (Å²) in [5, 5.41) is 3.27. The summed E-state index contributed by atoms with van der Waals surface area (Å²) in [6.07, 6.45) is 1.16. The molecule has 0 saturated carbocycles. The van der Waals surface area contributed by atoms with Crippen LogP contribution in [0.5, 0.6) is 0 Å². The molecular weight excluding hydrogens is 257 g/mol. The standard InChI is InChI=1S/C13H19F3N2O/c1-10(9-11-5-7-18-8-6-11)3-4-12(17-2)19-13(14,15)16/h3-4,11,18H,2,5-9H2,1H3/b10-3+,12-4+. The van der Waals surface area contributed by atoms with Crippen LogP contribution < -0.4 is 5.32 Å².